The van der Waals surface area contributed by atoms with Gasteiger partial charge in [-0.2, -0.15) is 0 Å². The van der Waals surface area contributed by atoms with Crippen LogP contribution in [0.1, 0.15) is 307 Å². The number of anilines is 3. The van der Waals surface area contributed by atoms with Crippen LogP contribution in [0.25, 0.3) is 88.4 Å². The molecule has 3 heteroatoms. The van der Waals surface area contributed by atoms with E-state index in [1.54, 1.807) is 22.3 Å². The maximum Gasteiger partial charge on any atom is 0.143 e. The number of nitrogens with zero attached hydrogens (tertiary/aromatic N) is 1. The van der Waals surface area contributed by atoms with Crippen LogP contribution in [-0.4, -0.2) is 0 Å². The fraction of sp³-hybridized carbons (Fsp3) is 0.455. The molecule has 9 aromatic carbocycles. The normalized spacial score (nSPS) is 14.6. The lowest BCUT2D eigenvalue weighted by atomic mass is 9.68. The molecule has 0 fully saturated rings. The lowest BCUT2D eigenvalue weighted by Gasteiger charge is -2.36. The van der Waals surface area contributed by atoms with E-state index in [-0.39, 0.29) is 27.1 Å². The molecule has 102 heavy (non-hydrogen) atoms. The number of hydrogen-bond donors (Lipinski definition) is 0. The minimum Gasteiger partial charge on any atom is -0.456 e. The minimum atomic E-state index is -0.335. The van der Waals surface area contributed by atoms with Crippen molar-refractivity contribution in [2.24, 2.45) is 0 Å². The average Bonchev–Trinajstić information content (AvgIpc) is 1.53. The molecule has 3 aliphatic carbocycles. The molecule has 0 saturated heterocycles. The first-order valence-electron chi connectivity index (χ1n) is 40.9. The van der Waals surface area contributed by atoms with Crippen LogP contribution in [0.4, 0.5) is 17.1 Å². The van der Waals surface area contributed by atoms with Gasteiger partial charge in [0.25, 0.3) is 0 Å². The van der Waals surface area contributed by atoms with Gasteiger partial charge in [0.05, 0.1) is 0 Å². The SMILES string of the molecule is CCCCCCCCC1(CCCCCCCC)c2cc(N(c3ccc4c(c3)C(C)(C)c3cc(-c5ccc(C(C)(C)C)cc5)c5oc6ccccc6c5c3-4)c3ccccc3C(C)(C)C)ccc2-c2cc3c(cc21)-c1c(ccc2oc4ccccc4c12)C3(CCCCCCCC)CCCCCCCC. The van der Waals surface area contributed by atoms with Crippen LogP contribution in [0.3, 0.4) is 0 Å². The molecule has 2 aromatic heterocycles. The van der Waals surface area contributed by atoms with Crippen LogP contribution < -0.4 is 4.90 Å². The van der Waals surface area contributed by atoms with E-state index >= 15 is 0 Å². The zero-order valence-corrected chi connectivity index (χ0v) is 64.7. The first-order valence-corrected chi connectivity index (χ1v) is 40.9. The van der Waals surface area contributed by atoms with E-state index in [0.29, 0.717) is 0 Å². The summed E-state index contributed by atoms with van der Waals surface area (Å²) in [5.74, 6) is 0. The van der Waals surface area contributed by atoms with E-state index in [1.807, 2.05) is 0 Å². The number of hydrogen-bond acceptors (Lipinski definition) is 3. The predicted molar refractivity (Wildman–Crippen MR) is 440 cm³/mol. The summed E-state index contributed by atoms with van der Waals surface area (Å²) < 4.78 is 14.0. The Labute approximate surface area is 613 Å². The van der Waals surface area contributed by atoms with E-state index in [9.17, 15) is 0 Å². The number of unbranched alkanes of at least 4 members (excludes halogenated alkanes) is 20. The summed E-state index contributed by atoms with van der Waals surface area (Å²) in [5.41, 5.74) is 29.5. The molecule has 0 amide bonds. The van der Waals surface area contributed by atoms with E-state index in [4.69, 9.17) is 8.83 Å². The average molecular weight is 1360 g/mol. The van der Waals surface area contributed by atoms with Crippen molar-refractivity contribution in [3.63, 3.8) is 0 Å². The topological polar surface area (TPSA) is 29.5 Å². The first kappa shape index (κ1) is 71.4. The third kappa shape index (κ3) is 13.1. The molecule has 2 heterocycles. The maximum atomic E-state index is 7.06. The zero-order valence-electron chi connectivity index (χ0n) is 64.7. The van der Waals surface area contributed by atoms with Gasteiger partial charge in [-0.05, 0) is 187 Å². The summed E-state index contributed by atoms with van der Waals surface area (Å²) in [4.78, 5) is 2.69. The maximum absolute atomic E-state index is 7.06. The Kier molecular flexibility index (Phi) is 20.9. The number of furan rings is 2. The van der Waals surface area contributed by atoms with Crippen LogP contribution in [0, 0.1) is 0 Å². The predicted octanol–water partition coefficient (Wildman–Crippen LogP) is 31.1. The molecule has 532 valence electrons. The van der Waals surface area contributed by atoms with Gasteiger partial charge < -0.3 is 13.7 Å². The number of fused-ring (bicyclic) bond motifs is 17. The molecule has 0 N–H and O–H groups in total. The number of rotatable bonds is 32. The molecule has 0 unspecified atom stereocenters. The smallest absolute Gasteiger partial charge is 0.143 e. The first-order chi connectivity index (χ1) is 49.5. The highest BCUT2D eigenvalue weighted by molar-refractivity contribution is 6.19. The molecular weight excluding hydrogens is 1240 g/mol. The molecule has 0 aliphatic heterocycles. The van der Waals surface area contributed by atoms with Crippen molar-refractivity contribution in [2.75, 3.05) is 4.90 Å². The Morgan fingerprint density at radius 1 is 0.333 bits per heavy atom. The van der Waals surface area contributed by atoms with Crippen molar-refractivity contribution in [1.82, 2.24) is 0 Å². The van der Waals surface area contributed by atoms with E-state index in [1.165, 1.54) is 267 Å². The van der Waals surface area contributed by atoms with Gasteiger partial charge in [-0.1, -0.05) is 334 Å². The Bertz CT molecular complexity index is 4740. The van der Waals surface area contributed by atoms with Gasteiger partial charge in [0.15, 0.2) is 0 Å². The summed E-state index contributed by atoms with van der Waals surface area (Å²) in [6.07, 6.45) is 35.6. The van der Waals surface area contributed by atoms with Crippen LogP contribution >= 0.6 is 0 Å². The van der Waals surface area contributed by atoms with Crippen molar-refractivity contribution in [2.45, 2.75) is 290 Å². The van der Waals surface area contributed by atoms with Gasteiger partial charge in [-0.3, -0.25) is 0 Å². The summed E-state index contributed by atoms with van der Waals surface area (Å²) in [5, 5.41) is 4.98. The molecule has 3 nitrogen and oxygen atoms in total. The molecule has 0 radical (unpaired) electrons. The highest BCUT2D eigenvalue weighted by Gasteiger charge is 2.49. The third-order valence-corrected chi connectivity index (χ3v) is 25.0. The van der Waals surface area contributed by atoms with Crippen LogP contribution in [0.2, 0.25) is 0 Å². The Hall–Kier alpha value is -7.62. The second kappa shape index (κ2) is 29.9. The Morgan fingerprint density at radius 2 is 0.784 bits per heavy atom. The van der Waals surface area contributed by atoms with Gasteiger partial charge in [0, 0.05) is 60.4 Å². The van der Waals surface area contributed by atoms with Gasteiger partial charge in [0.2, 0.25) is 0 Å². The highest BCUT2D eigenvalue weighted by atomic mass is 16.3. The molecule has 0 spiro atoms. The van der Waals surface area contributed by atoms with Gasteiger partial charge in [-0.15, -0.1) is 0 Å². The summed E-state index contributed by atoms with van der Waals surface area (Å²) >= 11 is 0. The van der Waals surface area contributed by atoms with E-state index in [0.717, 1.165) is 40.7 Å². The standard InChI is InChI=1S/C99H119NO2/c1-13-17-21-25-29-39-59-98(60-40-30-26-22-18-14-2)80-57-58-89-92(74-43-33-37-47-87(74)101-89)91(80)78-67-83-77(66-84(78)98)72-55-53-71(64-82(72)99(83,61-41-31-27-23-19-15-3)62-42-32-28-24-20-16-4)100(86-46-36-35-45-79(86)96(8,9)10)70-54-56-73-81(63-70)97(11,12)85-65-76(68-49-51-69(52-50-68)95(5,6)7)94-93(90(73)85)75-44-34-38-48-88(75)102-94/h33-38,43-58,63-67H,13-32,39-42,59-62H2,1-12H3. The van der Waals surface area contributed by atoms with E-state index < -0.39 is 0 Å². The van der Waals surface area contributed by atoms with Gasteiger partial charge in [0.1, 0.15) is 22.3 Å². The minimum absolute atomic E-state index is 0.0500. The number of para-hydroxylation sites is 3. The summed E-state index contributed by atoms with van der Waals surface area (Å²) in [7, 11) is 0. The van der Waals surface area contributed by atoms with Gasteiger partial charge >= 0.3 is 0 Å². The summed E-state index contributed by atoms with van der Waals surface area (Å²) in [6.45, 7) is 28.5. The lowest BCUT2D eigenvalue weighted by Crippen LogP contribution is -2.27. The van der Waals surface area contributed by atoms with Crippen molar-refractivity contribution in [3.05, 3.63) is 208 Å². The van der Waals surface area contributed by atoms with Crippen molar-refractivity contribution < 1.29 is 8.83 Å². The molecule has 3 aliphatic rings. The molecule has 0 saturated carbocycles. The quantitative estimate of drug-likeness (QED) is 0.0394. The Morgan fingerprint density at radius 3 is 1.35 bits per heavy atom. The molecule has 11 aromatic rings. The third-order valence-electron chi connectivity index (χ3n) is 25.0. The largest absolute Gasteiger partial charge is 0.456 e. The molecule has 0 bridgehead atoms. The molecular formula is C99H119NO2. The van der Waals surface area contributed by atoms with Crippen molar-refractivity contribution in [3.8, 4) is 44.5 Å². The highest BCUT2D eigenvalue weighted by Crippen LogP contribution is 2.64. The zero-order chi connectivity index (χ0) is 71.0. The second-order valence-electron chi connectivity index (χ2n) is 34.3. The van der Waals surface area contributed by atoms with Crippen molar-refractivity contribution in [1.29, 1.82) is 0 Å². The second-order valence-corrected chi connectivity index (χ2v) is 34.3. The summed E-state index contributed by atoms with van der Waals surface area (Å²) in [6, 6.07) is 65.0. The molecule has 14 rings (SSSR count). The fourth-order valence-corrected chi connectivity index (χ4v) is 19.4. The van der Waals surface area contributed by atoms with Crippen LogP contribution in [0.15, 0.2) is 173 Å². The monoisotopic (exact) mass is 1350 g/mol. The lowest BCUT2D eigenvalue weighted by molar-refractivity contribution is 0.394. The van der Waals surface area contributed by atoms with Crippen LogP contribution in [0.5, 0.6) is 0 Å². The van der Waals surface area contributed by atoms with E-state index in [2.05, 4.69) is 252 Å². The number of benzene rings is 9. The fourth-order valence-electron chi connectivity index (χ4n) is 19.4. The van der Waals surface area contributed by atoms with Crippen LogP contribution in [-0.2, 0) is 27.1 Å². The van der Waals surface area contributed by atoms with Crippen molar-refractivity contribution >= 4 is 60.9 Å². The molecule has 0 atom stereocenters. The van der Waals surface area contributed by atoms with Gasteiger partial charge in [-0.25, -0.2) is 0 Å². The Balaban J connectivity index is 0.981.